The smallest absolute Gasteiger partial charge is 0.407 e. The maximum Gasteiger partial charge on any atom is 0.407 e. The maximum atomic E-state index is 11.1. The van der Waals surface area contributed by atoms with Gasteiger partial charge in [-0.2, -0.15) is 0 Å². The summed E-state index contributed by atoms with van der Waals surface area (Å²) in [5.41, 5.74) is 3.65. The highest BCUT2D eigenvalue weighted by Gasteiger charge is 2.22. The van der Waals surface area contributed by atoms with Crippen LogP contribution >= 0.6 is 15.9 Å². The van der Waals surface area contributed by atoms with E-state index in [0.29, 0.717) is 6.61 Å². The molecule has 5 nitrogen and oxygen atoms in total. The first-order valence-electron chi connectivity index (χ1n) is 7.40. The number of amides is 1. The van der Waals surface area contributed by atoms with Gasteiger partial charge in [-0.25, -0.2) is 4.79 Å². The van der Waals surface area contributed by atoms with E-state index in [0.717, 1.165) is 29.5 Å². The topological polar surface area (TPSA) is 57.4 Å². The minimum Gasteiger partial charge on any atom is -0.447 e. The normalized spacial score (nSPS) is 18.0. The fourth-order valence-electron chi connectivity index (χ4n) is 2.79. The number of nitrogens with one attached hydrogen (secondary N) is 2. The van der Waals surface area contributed by atoms with Gasteiger partial charge in [0.05, 0.1) is 10.6 Å². The minimum atomic E-state index is -0.317. The zero-order chi connectivity index (χ0) is 15.7. The number of H-pyrrole nitrogens is 1. The van der Waals surface area contributed by atoms with Crippen molar-refractivity contribution >= 4 is 32.9 Å². The number of cyclic esters (lactones) is 1. The summed E-state index contributed by atoms with van der Waals surface area (Å²) in [4.78, 5) is 16.7. The molecule has 0 saturated carbocycles. The summed E-state index contributed by atoms with van der Waals surface area (Å²) in [6.45, 7) is 1.45. The first-order chi connectivity index (χ1) is 10.5. The third kappa shape index (κ3) is 3.28. The molecule has 0 spiro atoms. The molecule has 1 aliphatic rings. The first-order valence-corrected chi connectivity index (χ1v) is 8.19. The number of rotatable bonds is 5. The van der Waals surface area contributed by atoms with Crippen molar-refractivity contribution < 1.29 is 9.53 Å². The van der Waals surface area contributed by atoms with E-state index in [-0.39, 0.29) is 12.1 Å². The van der Waals surface area contributed by atoms with Gasteiger partial charge in [-0.1, -0.05) is 6.07 Å². The van der Waals surface area contributed by atoms with Crippen molar-refractivity contribution in [2.45, 2.75) is 18.9 Å². The molecule has 1 aromatic heterocycles. The Morgan fingerprint density at radius 2 is 2.23 bits per heavy atom. The fourth-order valence-corrected chi connectivity index (χ4v) is 3.41. The number of carbonyl (C=O) groups is 1. The molecule has 1 saturated heterocycles. The zero-order valence-electron chi connectivity index (χ0n) is 12.8. The third-order valence-corrected chi connectivity index (χ3v) is 4.62. The molecule has 2 N–H and O–H groups in total. The molecular formula is C16H20BrN3O2. The average Bonchev–Trinajstić information content (AvgIpc) is 2.99. The average molecular weight is 366 g/mol. The van der Waals surface area contributed by atoms with Crippen LogP contribution in [-0.4, -0.2) is 49.3 Å². The number of aromatic amines is 1. The molecule has 6 heteroatoms. The van der Waals surface area contributed by atoms with Crippen LogP contribution in [0.4, 0.5) is 4.79 Å². The second-order valence-corrected chi connectivity index (χ2v) is 6.79. The van der Waals surface area contributed by atoms with E-state index in [4.69, 9.17) is 4.74 Å². The van der Waals surface area contributed by atoms with E-state index >= 15 is 0 Å². The van der Waals surface area contributed by atoms with E-state index in [1.165, 1.54) is 16.5 Å². The number of hydrogen-bond acceptors (Lipinski definition) is 3. The highest BCUT2D eigenvalue weighted by Crippen LogP contribution is 2.28. The first kappa shape index (κ1) is 15.4. The van der Waals surface area contributed by atoms with Crippen LogP contribution in [0.3, 0.4) is 0 Å². The number of benzene rings is 1. The Balaban J connectivity index is 1.84. The van der Waals surface area contributed by atoms with Gasteiger partial charge in [0.25, 0.3) is 0 Å². The van der Waals surface area contributed by atoms with Crippen molar-refractivity contribution in [1.29, 1.82) is 0 Å². The largest absolute Gasteiger partial charge is 0.447 e. The van der Waals surface area contributed by atoms with Gasteiger partial charge < -0.3 is 19.9 Å². The SMILES string of the molecule is CN(C)CCc1c(Br)[nH]c2ccc(C[C@H]3COC(=O)N3)cc12. The van der Waals surface area contributed by atoms with Crippen LogP contribution in [-0.2, 0) is 17.6 Å². The molecule has 1 aromatic carbocycles. The summed E-state index contributed by atoms with van der Waals surface area (Å²) in [6, 6.07) is 6.49. The van der Waals surface area contributed by atoms with Gasteiger partial charge in [0.2, 0.25) is 0 Å². The monoisotopic (exact) mass is 365 g/mol. The standard InChI is InChI=1S/C16H20BrN3O2/c1-20(2)6-5-12-13-8-10(3-4-14(13)19-15(12)17)7-11-9-22-16(21)18-11/h3-4,8,11,19H,5-7,9H2,1-2H3,(H,18,21)/t11-/m0/s1. The van der Waals surface area contributed by atoms with Crippen LogP contribution in [0.5, 0.6) is 0 Å². The number of ether oxygens (including phenoxy) is 1. The van der Waals surface area contributed by atoms with Crippen LogP contribution in [0.15, 0.2) is 22.8 Å². The number of likely N-dealkylation sites (N-methyl/N-ethyl adjacent to an activating group) is 1. The van der Waals surface area contributed by atoms with E-state index in [1.54, 1.807) is 0 Å². The van der Waals surface area contributed by atoms with Crippen LogP contribution in [0.25, 0.3) is 10.9 Å². The highest BCUT2D eigenvalue weighted by molar-refractivity contribution is 9.10. The summed E-state index contributed by atoms with van der Waals surface area (Å²) in [6.07, 6.45) is 1.46. The lowest BCUT2D eigenvalue weighted by Crippen LogP contribution is -2.28. The number of alkyl carbamates (subject to hydrolysis) is 1. The van der Waals surface area contributed by atoms with Gasteiger partial charge in [-0.15, -0.1) is 0 Å². The minimum absolute atomic E-state index is 0.0672. The number of carbonyl (C=O) groups excluding carboxylic acids is 1. The number of aromatic nitrogens is 1. The van der Waals surface area contributed by atoms with Crippen molar-refractivity contribution in [2.24, 2.45) is 0 Å². The van der Waals surface area contributed by atoms with Gasteiger partial charge in [0, 0.05) is 17.4 Å². The second kappa shape index (κ2) is 6.30. The Kier molecular flexibility index (Phi) is 4.40. The molecule has 1 fully saturated rings. The molecule has 1 amide bonds. The molecule has 3 rings (SSSR count). The molecule has 2 heterocycles. The number of halogens is 1. The molecule has 1 atom stereocenters. The Bertz CT molecular complexity index is 696. The number of nitrogens with zero attached hydrogens (tertiary/aromatic N) is 1. The highest BCUT2D eigenvalue weighted by atomic mass is 79.9. The predicted molar refractivity (Wildman–Crippen MR) is 90.2 cm³/mol. The predicted octanol–water partition coefficient (Wildman–Crippen LogP) is 2.69. The Hall–Kier alpha value is -1.53. The maximum absolute atomic E-state index is 11.1. The van der Waals surface area contributed by atoms with Crippen molar-refractivity contribution in [3.8, 4) is 0 Å². The lowest BCUT2D eigenvalue weighted by Gasteiger charge is -2.10. The summed E-state index contributed by atoms with van der Waals surface area (Å²) in [5.74, 6) is 0. The van der Waals surface area contributed by atoms with E-state index < -0.39 is 0 Å². The van der Waals surface area contributed by atoms with Gasteiger partial charge in [-0.3, -0.25) is 0 Å². The molecule has 0 radical (unpaired) electrons. The summed E-state index contributed by atoms with van der Waals surface area (Å²) in [7, 11) is 4.16. The second-order valence-electron chi connectivity index (χ2n) is 5.99. The fraction of sp³-hybridized carbons (Fsp3) is 0.438. The molecule has 0 aliphatic carbocycles. The van der Waals surface area contributed by atoms with Crippen molar-refractivity contribution in [3.63, 3.8) is 0 Å². The van der Waals surface area contributed by atoms with Gasteiger partial charge in [-0.05, 0) is 66.1 Å². The molecule has 22 heavy (non-hydrogen) atoms. The van der Waals surface area contributed by atoms with Gasteiger partial charge >= 0.3 is 6.09 Å². The zero-order valence-corrected chi connectivity index (χ0v) is 14.4. The van der Waals surface area contributed by atoms with E-state index in [9.17, 15) is 4.79 Å². The Morgan fingerprint density at radius 3 is 2.91 bits per heavy atom. The van der Waals surface area contributed by atoms with Crippen LogP contribution < -0.4 is 5.32 Å². The third-order valence-electron chi connectivity index (χ3n) is 3.95. The van der Waals surface area contributed by atoms with Gasteiger partial charge in [0.15, 0.2) is 0 Å². The van der Waals surface area contributed by atoms with Crippen molar-refractivity contribution in [3.05, 3.63) is 33.9 Å². The Labute approximate surface area is 138 Å². The van der Waals surface area contributed by atoms with Crippen LogP contribution in [0.1, 0.15) is 11.1 Å². The van der Waals surface area contributed by atoms with Gasteiger partial charge in [0.1, 0.15) is 6.61 Å². The molecule has 118 valence electrons. The van der Waals surface area contributed by atoms with Crippen LogP contribution in [0.2, 0.25) is 0 Å². The van der Waals surface area contributed by atoms with Crippen molar-refractivity contribution in [1.82, 2.24) is 15.2 Å². The number of fused-ring (bicyclic) bond motifs is 1. The molecule has 1 aliphatic heterocycles. The lowest BCUT2D eigenvalue weighted by molar-refractivity contribution is 0.177. The molecule has 2 aromatic rings. The quantitative estimate of drug-likeness (QED) is 0.856. The summed E-state index contributed by atoms with van der Waals surface area (Å²) >= 11 is 3.63. The Morgan fingerprint density at radius 1 is 1.41 bits per heavy atom. The lowest BCUT2D eigenvalue weighted by atomic mass is 10.0. The van der Waals surface area contributed by atoms with E-state index in [1.807, 2.05) is 0 Å². The van der Waals surface area contributed by atoms with E-state index in [2.05, 4.69) is 63.4 Å². The molecular weight excluding hydrogens is 346 g/mol. The van der Waals surface area contributed by atoms with Crippen molar-refractivity contribution in [2.75, 3.05) is 27.2 Å². The molecule has 0 unspecified atom stereocenters. The summed E-state index contributed by atoms with van der Waals surface area (Å²) in [5, 5.41) is 4.07. The number of hydrogen-bond donors (Lipinski definition) is 2. The molecule has 0 bridgehead atoms. The van der Waals surface area contributed by atoms with Crippen LogP contribution in [0, 0.1) is 0 Å². The summed E-state index contributed by atoms with van der Waals surface area (Å²) < 4.78 is 6.00.